The Morgan fingerprint density at radius 1 is 0.923 bits per heavy atom. The fraction of sp³-hybridized carbons (Fsp3) is 0.143. The molecule has 0 unspecified atom stereocenters. The Hall–Kier alpha value is -2.92. The van der Waals surface area contributed by atoms with Gasteiger partial charge in [-0.15, -0.1) is 11.3 Å². The minimum absolute atomic E-state index is 0.239. The predicted molar refractivity (Wildman–Crippen MR) is 104 cm³/mol. The quantitative estimate of drug-likeness (QED) is 0.627. The Kier molecular flexibility index (Phi) is 5.81. The SMILES string of the molecule is Cc1ccc([C@H](NC=O)C(=O)NC(c2ccccc2)c2ccccc2)s1. The molecule has 2 amide bonds. The van der Waals surface area contributed by atoms with Crippen molar-refractivity contribution >= 4 is 23.7 Å². The first-order valence-electron chi connectivity index (χ1n) is 8.35. The molecule has 1 aromatic heterocycles. The van der Waals surface area contributed by atoms with Crippen LogP contribution in [0.15, 0.2) is 72.8 Å². The van der Waals surface area contributed by atoms with E-state index in [-0.39, 0.29) is 11.9 Å². The second kappa shape index (κ2) is 8.45. The van der Waals surface area contributed by atoms with Crippen LogP contribution in [0, 0.1) is 6.92 Å². The number of thiophene rings is 1. The van der Waals surface area contributed by atoms with Crippen molar-refractivity contribution in [1.82, 2.24) is 10.6 Å². The summed E-state index contributed by atoms with van der Waals surface area (Å²) in [6.45, 7) is 1.97. The van der Waals surface area contributed by atoms with Gasteiger partial charge in [-0.25, -0.2) is 0 Å². The first-order valence-corrected chi connectivity index (χ1v) is 9.17. The lowest BCUT2D eigenvalue weighted by molar-refractivity contribution is -0.125. The van der Waals surface area contributed by atoms with Crippen LogP contribution in [0.3, 0.4) is 0 Å². The van der Waals surface area contributed by atoms with Gasteiger partial charge in [-0.3, -0.25) is 9.59 Å². The second-order valence-corrected chi connectivity index (χ2v) is 7.25. The van der Waals surface area contributed by atoms with Crippen molar-refractivity contribution in [3.05, 3.63) is 93.7 Å². The summed E-state index contributed by atoms with van der Waals surface area (Å²) in [5.74, 6) is -0.239. The minimum atomic E-state index is -0.707. The van der Waals surface area contributed by atoms with Crippen LogP contribution < -0.4 is 10.6 Å². The van der Waals surface area contributed by atoms with Gasteiger partial charge in [0.05, 0.1) is 6.04 Å². The molecule has 3 aromatic rings. The Balaban J connectivity index is 1.90. The lowest BCUT2D eigenvalue weighted by Crippen LogP contribution is -2.39. The van der Waals surface area contributed by atoms with Crippen LogP contribution in [0.4, 0.5) is 0 Å². The molecule has 0 spiro atoms. The Morgan fingerprint density at radius 2 is 1.50 bits per heavy atom. The Bertz CT molecular complexity index is 822. The van der Waals surface area contributed by atoms with E-state index in [1.165, 1.54) is 11.3 Å². The highest BCUT2D eigenvalue weighted by Crippen LogP contribution is 2.26. The highest BCUT2D eigenvalue weighted by atomic mass is 32.1. The molecule has 3 rings (SSSR count). The molecule has 0 aliphatic carbocycles. The van der Waals surface area contributed by atoms with E-state index in [0.717, 1.165) is 20.9 Å². The third-order valence-corrected chi connectivity index (χ3v) is 5.16. The van der Waals surface area contributed by atoms with Gasteiger partial charge in [0.25, 0.3) is 0 Å². The standard InChI is InChI=1S/C21H20N2O2S/c1-15-12-13-18(26-15)20(22-14-24)21(25)23-19(16-8-4-2-5-9-16)17-10-6-3-7-11-17/h2-14,19-20H,1H3,(H,22,24)(H,23,25)/t20-/m0/s1. The molecule has 0 radical (unpaired) electrons. The highest BCUT2D eigenvalue weighted by molar-refractivity contribution is 7.12. The van der Waals surface area contributed by atoms with Crippen LogP contribution in [-0.4, -0.2) is 12.3 Å². The summed E-state index contributed by atoms with van der Waals surface area (Å²) in [6, 6.07) is 22.4. The largest absolute Gasteiger partial charge is 0.343 e. The van der Waals surface area contributed by atoms with Crippen molar-refractivity contribution in [2.75, 3.05) is 0 Å². The monoisotopic (exact) mass is 364 g/mol. The first-order chi connectivity index (χ1) is 12.7. The lowest BCUT2D eigenvalue weighted by atomic mass is 9.98. The molecule has 26 heavy (non-hydrogen) atoms. The molecule has 2 aromatic carbocycles. The molecule has 0 saturated carbocycles. The Labute approximate surface area is 156 Å². The smallest absolute Gasteiger partial charge is 0.248 e. The van der Waals surface area contributed by atoms with Crippen LogP contribution in [0.1, 0.15) is 33.0 Å². The lowest BCUT2D eigenvalue weighted by Gasteiger charge is -2.23. The molecule has 1 atom stereocenters. The number of carbonyl (C=O) groups excluding carboxylic acids is 2. The van der Waals surface area contributed by atoms with Gasteiger partial charge >= 0.3 is 0 Å². The van der Waals surface area contributed by atoms with Crippen molar-refractivity contribution < 1.29 is 9.59 Å². The fourth-order valence-electron chi connectivity index (χ4n) is 2.84. The molecule has 0 bridgehead atoms. The van der Waals surface area contributed by atoms with E-state index < -0.39 is 6.04 Å². The number of rotatable bonds is 7. The van der Waals surface area contributed by atoms with Crippen LogP contribution in [0.5, 0.6) is 0 Å². The maximum Gasteiger partial charge on any atom is 0.248 e. The third-order valence-electron chi connectivity index (χ3n) is 4.09. The number of benzene rings is 2. The van der Waals surface area contributed by atoms with Gasteiger partial charge in [0, 0.05) is 9.75 Å². The normalized spacial score (nSPS) is 11.8. The summed E-state index contributed by atoms with van der Waals surface area (Å²) >= 11 is 1.50. The number of carbonyl (C=O) groups is 2. The molecule has 0 fully saturated rings. The van der Waals surface area contributed by atoms with E-state index >= 15 is 0 Å². The summed E-state index contributed by atoms with van der Waals surface area (Å²) < 4.78 is 0. The van der Waals surface area contributed by atoms with E-state index in [9.17, 15) is 9.59 Å². The third kappa shape index (κ3) is 4.18. The van der Waals surface area contributed by atoms with E-state index in [4.69, 9.17) is 0 Å². The van der Waals surface area contributed by atoms with Crippen LogP contribution >= 0.6 is 11.3 Å². The number of aryl methyl sites for hydroxylation is 1. The minimum Gasteiger partial charge on any atom is -0.343 e. The fourth-order valence-corrected chi connectivity index (χ4v) is 3.78. The van der Waals surface area contributed by atoms with Crippen LogP contribution in [-0.2, 0) is 9.59 Å². The summed E-state index contributed by atoms with van der Waals surface area (Å²) in [5, 5.41) is 5.73. The maximum absolute atomic E-state index is 13.0. The van der Waals surface area contributed by atoms with Crippen LogP contribution in [0.2, 0.25) is 0 Å². The van der Waals surface area contributed by atoms with Crippen molar-refractivity contribution in [3.8, 4) is 0 Å². The van der Waals surface area contributed by atoms with Gasteiger partial charge < -0.3 is 10.6 Å². The number of hydrogen-bond acceptors (Lipinski definition) is 3. The summed E-state index contributed by atoms with van der Waals surface area (Å²) in [4.78, 5) is 25.9. The average molecular weight is 364 g/mol. The number of hydrogen-bond donors (Lipinski definition) is 2. The van der Waals surface area contributed by atoms with Crippen molar-refractivity contribution in [2.24, 2.45) is 0 Å². The highest BCUT2D eigenvalue weighted by Gasteiger charge is 2.25. The Morgan fingerprint density at radius 3 is 1.96 bits per heavy atom. The topological polar surface area (TPSA) is 58.2 Å². The van der Waals surface area contributed by atoms with Gasteiger partial charge in [0.2, 0.25) is 12.3 Å². The summed E-state index contributed by atoms with van der Waals surface area (Å²) in [5.41, 5.74) is 1.97. The molecule has 0 saturated heterocycles. The predicted octanol–water partition coefficient (Wildman–Crippen LogP) is 3.75. The van der Waals surface area contributed by atoms with E-state index in [2.05, 4.69) is 10.6 Å². The van der Waals surface area contributed by atoms with Gasteiger partial charge in [0.15, 0.2) is 0 Å². The van der Waals surface area contributed by atoms with Gasteiger partial charge in [-0.05, 0) is 30.2 Å². The maximum atomic E-state index is 13.0. The van der Waals surface area contributed by atoms with Crippen molar-refractivity contribution in [1.29, 1.82) is 0 Å². The zero-order chi connectivity index (χ0) is 18.4. The van der Waals surface area contributed by atoms with Gasteiger partial charge in [0.1, 0.15) is 6.04 Å². The summed E-state index contributed by atoms with van der Waals surface area (Å²) in [7, 11) is 0. The molecule has 0 aliphatic rings. The molecule has 1 heterocycles. The zero-order valence-corrected chi connectivity index (χ0v) is 15.2. The van der Waals surface area contributed by atoms with Crippen LogP contribution in [0.25, 0.3) is 0 Å². The summed E-state index contributed by atoms with van der Waals surface area (Å²) in [6.07, 6.45) is 0.569. The molecular weight excluding hydrogens is 344 g/mol. The molecular formula is C21H20N2O2S. The van der Waals surface area contributed by atoms with Gasteiger partial charge in [-0.2, -0.15) is 0 Å². The van der Waals surface area contributed by atoms with Crippen molar-refractivity contribution in [3.63, 3.8) is 0 Å². The zero-order valence-electron chi connectivity index (χ0n) is 14.4. The van der Waals surface area contributed by atoms with E-state index in [1.54, 1.807) is 0 Å². The number of nitrogens with one attached hydrogen (secondary N) is 2. The van der Waals surface area contributed by atoms with E-state index in [1.807, 2.05) is 79.7 Å². The molecule has 0 aliphatic heterocycles. The molecule has 4 nitrogen and oxygen atoms in total. The average Bonchev–Trinajstić information content (AvgIpc) is 3.11. The molecule has 5 heteroatoms. The number of amides is 2. The molecule has 2 N–H and O–H groups in total. The van der Waals surface area contributed by atoms with Crippen molar-refractivity contribution in [2.45, 2.75) is 19.0 Å². The molecule has 132 valence electrons. The second-order valence-electron chi connectivity index (χ2n) is 5.93. The first kappa shape index (κ1) is 17.9. The van der Waals surface area contributed by atoms with Gasteiger partial charge in [-0.1, -0.05) is 60.7 Å². The van der Waals surface area contributed by atoms with E-state index in [0.29, 0.717) is 6.41 Å².